The maximum Gasteiger partial charge on any atom is 0.289 e. The van der Waals surface area contributed by atoms with Crippen LogP contribution in [0.1, 0.15) is 5.69 Å². The normalized spacial score (nSPS) is 14.1. The minimum absolute atomic E-state index is 0.0142. The zero-order valence-corrected chi connectivity index (χ0v) is 13.9. The lowest BCUT2D eigenvalue weighted by molar-refractivity contribution is -0.384. The van der Waals surface area contributed by atoms with Crippen molar-refractivity contribution in [3.05, 3.63) is 62.9 Å². The van der Waals surface area contributed by atoms with Crippen LogP contribution in [0.25, 0.3) is 11.8 Å². The minimum atomic E-state index is -0.622. The molecule has 0 bridgehead atoms. The lowest BCUT2D eigenvalue weighted by Crippen LogP contribution is -2.51. The fourth-order valence-electron chi connectivity index (χ4n) is 2.29. The maximum absolute atomic E-state index is 11.9. The van der Waals surface area contributed by atoms with E-state index in [1.54, 1.807) is 29.0 Å². The van der Waals surface area contributed by atoms with Crippen LogP contribution in [0.5, 0.6) is 0 Å². The number of benzene rings is 1. The van der Waals surface area contributed by atoms with Gasteiger partial charge >= 0.3 is 0 Å². The molecular weight excluding hydrogens is 368 g/mol. The average Bonchev–Trinajstić information content (AvgIpc) is 2.99. The molecule has 0 saturated carbocycles. The second-order valence-electron chi connectivity index (χ2n) is 4.99. The van der Waals surface area contributed by atoms with E-state index < -0.39 is 16.7 Å². The van der Waals surface area contributed by atoms with Crippen molar-refractivity contribution in [1.29, 1.82) is 0 Å². The molecule has 2 aromatic rings. The Morgan fingerprint density at radius 3 is 2.52 bits per heavy atom. The lowest BCUT2D eigenvalue weighted by atomic mass is 10.1. The van der Waals surface area contributed by atoms with Crippen molar-refractivity contribution in [2.24, 2.45) is 0 Å². The van der Waals surface area contributed by atoms with E-state index in [1.165, 1.54) is 18.2 Å². The smallest absolute Gasteiger partial charge is 0.289 e. The Bertz CT molecular complexity index is 944. The molecule has 2 amide bonds. The molecule has 0 radical (unpaired) electrons. The topological polar surface area (TPSA) is 106 Å². The standard InChI is InChI=1S/C15H9ClN4O4S/c16-11-4-3-9(7-12(11)20(23)24)19-5-1-2-8(19)6-10-13(21)17-15(25)18-14(10)22/h1-7H,(H2,17,18,21,22,25). The summed E-state index contributed by atoms with van der Waals surface area (Å²) in [4.78, 5) is 34.3. The van der Waals surface area contributed by atoms with Gasteiger partial charge in [-0.2, -0.15) is 0 Å². The van der Waals surface area contributed by atoms with Crippen molar-refractivity contribution in [2.45, 2.75) is 0 Å². The number of nitrogens with one attached hydrogen (secondary N) is 2. The molecule has 1 aromatic carbocycles. The average molecular weight is 377 g/mol. The largest absolute Gasteiger partial charge is 0.317 e. The number of thiocarbonyl (C=S) groups is 1. The van der Waals surface area contributed by atoms with Crippen molar-refractivity contribution in [3.8, 4) is 5.69 Å². The highest BCUT2D eigenvalue weighted by molar-refractivity contribution is 7.80. The van der Waals surface area contributed by atoms with Gasteiger partial charge in [0.1, 0.15) is 10.6 Å². The first-order valence-corrected chi connectivity index (χ1v) is 7.65. The van der Waals surface area contributed by atoms with Crippen LogP contribution in [0, 0.1) is 10.1 Å². The minimum Gasteiger partial charge on any atom is -0.317 e. The van der Waals surface area contributed by atoms with Gasteiger partial charge in [-0.25, -0.2) is 0 Å². The fourth-order valence-corrected chi connectivity index (χ4v) is 2.66. The highest BCUT2D eigenvalue weighted by Crippen LogP contribution is 2.28. The number of hydrogen-bond acceptors (Lipinski definition) is 5. The van der Waals surface area contributed by atoms with Gasteiger partial charge < -0.3 is 4.57 Å². The Morgan fingerprint density at radius 2 is 1.88 bits per heavy atom. The predicted molar refractivity (Wildman–Crippen MR) is 94.3 cm³/mol. The summed E-state index contributed by atoms with van der Waals surface area (Å²) in [6.45, 7) is 0. The molecule has 8 nitrogen and oxygen atoms in total. The summed E-state index contributed by atoms with van der Waals surface area (Å²) < 4.78 is 1.59. The Morgan fingerprint density at radius 1 is 1.20 bits per heavy atom. The highest BCUT2D eigenvalue weighted by Gasteiger charge is 2.26. The second-order valence-corrected chi connectivity index (χ2v) is 5.81. The van der Waals surface area contributed by atoms with Crippen LogP contribution in [0.3, 0.4) is 0 Å². The molecule has 0 spiro atoms. The van der Waals surface area contributed by atoms with Gasteiger partial charge in [0.05, 0.1) is 10.6 Å². The highest BCUT2D eigenvalue weighted by atomic mass is 35.5. The number of nitro groups is 1. The van der Waals surface area contributed by atoms with Crippen LogP contribution < -0.4 is 10.6 Å². The first-order valence-electron chi connectivity index (χ1n) is 6.87. The van der Waals surface area contributed by atoms with Crippen LogP contribution in [0.15, 0.2) is 42.1 Å². The molecule has 25 heavy (non-hydrogen) atoms. The van der Waals surface area contributed by atoms with E-state index in [9.17, 15) is 19.7 Å². The summed E-state index contributed by atoms with van der Waals surface area (Å²) in [5.74, 6) is -1.24. The number of halogens is 1. The van der Waals surface area contributed by atoms with E-state index in [0.717, 1.165) is 0 Å². The van der Waals surface area contributed by atoms with Crippen LogP contribution in [0.4, 0.5) is 5.69 Å². The van der Waals surface area contributed by atoms with Crippen molar-refractivity contribution < 1.29 is 14.5 Å². The van der Waals surface area contributed by atoms with Crippen LogP contribution >= 0.6 is 23.8 Å². The molecule has 1 saturated heterocycles. The van der Waals surface area contributed by atoms with Gasteiger partial charge in [-0.1, -0.05) is 11.6 Å². The van der Waals surface area contributed by atoms with Crippen molar-refractivity contribution in [3.63, 3.8) is 0 Å². The number of nitro benzene ring substituents is 1. The Labute approximate surface area is 151 Å². The molecule has 0 atom stereocenters. The molecule has 2 N–H and O–H groups in total. The quantitative estimate of drug-likeness (QED) is 0.280. The molecule has 0 aliphatic carbocycles. The van der Waals surface area contributed by atoms with Gasteiger partial charge in [-0.05, 0) is 42.6 Å². The van der Waals surface area contributed by atoms with Crippen molar-refractivity contribution in [2.75, 3.05) is 0 Å². The number of carbonyl (C=O) groups is 2. The van der Waals surface area contributed by atoms with Crippen LogP contribution in [-0.2, 0) is 9.59 Å². The summed E-state index contributed by atoms with van der Waals surface area (Å²) >= 11 is 10.6. The van der Waals surface area contributed by atoms with E-state index >= 15 is 0 Å². The first-order chi connectivity index (χ1) is 11.9. The van der Waals surface area contributed by atoms with Gasteiger partial charge in [-0.3, -0.25) is 30.3 Å². The second kappa shape index (κ2) is 6.46. The summed E-state index contributed by atoms with van der Waals surface area (Å²) in [6.07, 6.45) is 3.01. The molecule has 10 heteroatoms. The number of hydrogen-bond donors (Lipinski definition) is 2. The van der Waals surface area contributed by atoms with Gasteiger partial charge in [0.2, 0.25) is 0 Å². The summed E-state index contributed by atoms with van der Waals surface area (Å²) in [5.41, 5.74) is 0.562. The van der Waals surface area contributed by atoms with Gasteiger partial charge in [0.25, 0.3) is 17.5 Å². The summed E-state index contributed by atoms with van der Waals surface area (Å²) in [5, 5.41) is 15.7. The fraction of sp³-hybridized carbons (Fsp3) is 0. The molecular formula is C15H9ClN4O4S. The van der Waals surface area contributed by atoms with Crippen molar-refractivity contribution in [1.82, 2.24) is 15.2 Å². The molecule has 1 fully saturated rings. The number of carbonyl (C=O) groups excluding carboxylic acids is 2. The molecule has 1 aliphatic heterocycles. The predicted octanol–water partition coefficient (Wildman–Crippen LogP) is 1.95. The number of aromatic nitrogens is 1. The zero-order chi connectivity index (χ0) is 18.1. The third-order valence-electron chi connectivity index (χ3n) is 3.42. The molecule has 126 valence electrons. The van der Waals surface area contributed by atoms with E-state index in [-0.39, 0.29) is 21.4 Å². The number of amides is 2. The molecule has 1 aliphatic rings. The van der Waals surface area contributed by atoms with E-state index in [0.29, 0.717) is 11.4 Å². The van der Waals surface area contributed by atoms with E-state index in [4.69, 9.17) is 23.8 Å². The number of rotatable bonds is 3. The third-order valence-corrected chi connectivity index (χ3v) is 3.94. The van der Waals surface area contributed by atoms with Crippen LogP contribution in [0.2, 0.25) is 5.02 Å². The Balaban J connectivity index is 2.05. The summed E-state index contributed by atoms with van der Waals surface area (Å²) in [6, 6.07) is 7.63. The molecule has 0 unspecified atom stereocenters. The first kappa shape index (κ1) is 16.8. The maximum atomic E-state index is 11.9. The molecule has 1 aromatic heterocycles. The van der Waals surface area contributed by atoms with Crippen LogP contribution in [-0.4, -0.2) is 26.4 Å². The lowest BCUT2D eigenvalue weighted by Gasteiger charge is -2.16. The van der Waals surface area contributed by atoms with Gasteiger partial charge in [0, 0.05) is 18.0 Å². The number of nitrogens with zero attached hydrogens (tertiary/aromatic N) is 2. The SMILES string of the molecule is O=C1NC(=S)NC(=O)C1=Cc1cccn1-c1ccc(Cl)c([N+](=O)[O-])c1. The van der Waals surface area contributed by atoms with Crippen molar-refractivity contribution >= 4 is 52.5 Å². The Hall–Kier alpha value is -3.04. The zero-order valence-electron chi connectivity index (χ0n) is 12.4. The molecule has 2 heterocycles. The van der Waals surface area contributed by atoms with E-state index in [2.05, 4.69) is 10.6 Å². The van der Waals surface area contributed by atoms with Gasteiger partial charge in [-0.15, -0.1) is 0 Å². The third kappa shape index (κ3) is 3.28. The van der Waals surface area contributed by atoms with Gasteiger partial charge in [0.15, 0.2) is 5.11 Å². The molecule has 3 rings (SSSR count). The monoisotopic (exact) mass is 376 g/mol. The Kier molecular flexibility index (Phi) is 4.34. The summed E-state index contributed by atoms with van der Waals surface area (Å²) in [7, 11) is 0. The van der Waals surface area contributed by atoms with E-state index in [1.807, 2.05) is 0 Å².